The van der Waals surface area contributed by atoms with Gasteiger partial charge in [-0.15, -0.1) is 11.6 Å². The van der Waals surface area contributed by atoms with Crippen LogP contribution in [0.4, 0.5) is 0 Å². The third-order valence-electron chi connectivity index (χ3n) is 3.65. The Bertz CT molecular complexity index is 595. The largest absolute Gasteiger partial charge is 0.378 e. The van der Waals surface area contributed by atoms with E-state index in [1.54, 1.807) is 0 Å². The summed E-state index contributed by atoms with van der Waals surface area (Å²) in [6.07, 6.45) is 6.31. The zero-order valence-electron chi connectivity index (χ0n) is 11.2. The summed E-state index contributed by atoms with van der Waals surface area (Å²) in [5.41, 5.74) is 1.86. The molecule has 20 heavy (non-hydrogen) atoms. The molecule has 0 aliphatic carbocycles. The van der Waals surface area contributed by atoms with Crippen molar-refractivity contribution in [1.82, 2.24) is 14.5 Å². The third kappa shape index (κ3) is 3.00. The quantitative estimate of drug-likeness (QED) is 0.768. The van der Waals surface area contributed by atoms with Crippen LogP contribution in [0.1, 0.15) is 25.1 Å². The van der Waals surface area contributed by atoms with Gasteiger partial charge >= 0.3 is 0 Å². The van der Waals surface area contributed by atoms with E-state index < -0.39 is 0 Å². The minimum absolute atomic E-state index is 0.381. The van der Waals surface area contributed by atoms with Crippen molar-refractivity contribution in [2.24, 2.45) is 0 Å². The summed E-state index contributed by atoms with van der Waals surface area (Å²) in [6.45, 7) is 1.79. The molecule has 1 aliphatic heterocycles. The van der Waals surface area contributed by atoms with Crippen molar-refractivity contribution in [1.29, 1.82) is 0 Å². The van der Waals surface area contributed by atoms with Crippen LogP contribution in [-0.2, 0) is 17.7 Å². The van der Waals surface area contributed by atoms with E-state index in [9.17, 15) is 0 Å². The number of halogens is 2. The molecule has 2 aromatic rings. The first-order chi connectivity index (χ1) is 9.78. The standard InChI is InChI=1S/C14H17BrClN3O/c15-10-8-12-14(17-9-10)19(13(18-12)3-5-16)6-4-11-2-1-7-20-11/h8-9,11H,1-7H2. The van der Waals surface area contributed by atoms with Gasteiger partial charge in [0.1, 0.15) is 11.3 Å². The molecule has 1 atom stereocenters. The highest BCUT2D eigenvalue weighted by Crippen LogP contribution is 2.22. The van der Waals surface area contributed by atoms with Crippen molar-refractivity contribution in [3.8, 4) is 0 Å². The molecule has 1 fully saturated rings. The average molecular weight is 359 g/mol. The van der Waals surface area contributed by atoms with Crippen molar-refractivity contribution in [3.63, 3.8) is 0 Å². The molecule has 108 valence electrons. The Balaban J connectivity index is 1.87. The van der Waals surface area contributed by atoms with E-state index in [4.69, 9.17) is 16.3 Å². The Kier molecular flexibility index (Phi) is 4.58. The average Bonchev–Trinajstić information content (AvgIpc) is 3.04. The molecule has 4 nitrogen and oxygen atoms in total. The molecular weight excluding hydrogens is 342 g/mol. The zero-order chi connectivity index (χ0) is 13.9. The predicted octanol–water partition coefficient (Wildman–Crippen LogP) is 3.54. The van der Waals surface area contributed by atoms with Crippen LogP contribution in [0.5, 0.6) is 0 Å². The number of rotatable bonds is 5. The van der Waals surface area contributed by atoms with Gasteiger partial charge in [-0.25, -0.2) is 9.97 Å². The first-order valence-electron chi connectivity index (χ1n) is 6.96. The van der Waals surface area contributed by atoms with E-state index in [-0.39, 0.29) is 0 Å². The number of aryl methyl sites for hydroxylation is 2. The highest BCUT2D eigenvalue weighted by Gasteiger charge is 2.18. The van der Waals surface area contributed by atoms with Crippen molar-refractivity contribution in [2.75, 3.05) is 12.5 Å². The smallest absolute Gasteiger partial charge is 0.160 e. The minimum Gasteiger partial charge on any atom is -0.378 e. The number of hydrogen-bond donors (Lipinski definition) is 0. The van der Waals surface area contributed by atoms with Crippen LogP contribution in [0.25, 0.3) is 11.2 Å². The molecule has 0 bridgehead atoms. The number of imidazole rings is 1. The van der Waals surface area contributed by atoms with E-state index in [0.29, 0.717) is 12.0 Å². The Morgan fingerprint density at radius 3 is 3.15 bits per heavy atom. The molecule has 1 saturated heterocycles. The van der Waals surface area contributed by atoms with Gasteiger partial charge in [-0.3, -0.25) is 0 Å². The summed E-state index contributed by atoms with van der Waals surface area (Å²) in [4.78, 5) is 9.15. The molecule has 0 saturated carbocycles. The Morgan fingerprint density at radius 2 is 2.40 bits per heavy atom. The minimum atomic E-state index is 0.381. The molecule has 2 aromatic heterocycles. The molecule has 3 heterocycles. The summed E-state index contributed by atoms with van der Waals surface area (Å²) in [5.74, 6) is 1.59. The fourth-order valence-corrected chi connectivity index (χ4v) is 3.18. The second-order valence-electron chi connectivity index (χ2n) is 5.04. The lowest BCUT2D eigenvalue weighted by atomic mass is 10.2. The lowest BCUT2D eigenvalue weighted by Gasteiger charge is -2.12. The molecule has 0 spiro atoms. The monoisotopic (exact) mass is 357 g/mol. The first kappa shape index (κ1) is 14.3. The van der Waals surface area contributed by atoms with Crippen molar-refractivity contribution in [3.05, 3.63) is 22.6 Å². The maximum absolute atomic E-state index is 5.89. The SMILES string of the molecule is ClCCc1nc2cc(Br)cnc2n1CCC1CCCO1. The van der Waals surface area contributed by atoms with Gasteiger partial charge in [-0.2, -0.15) is 0 Å². The fraction of sp³-hybridized carbons (Fsp3) is 0.571. The van der Waals surface area contributed by atoms with Gasteiger partial charge in [0.25, 0.3) is 0 Å². The Labute approximate surface area is 131 Å². The maximum Gasteiger partial charge on any atom is 0.160 e. The predicted molar refractivity (Wildman–Crippen MR) is 83.2 cm³/mol. The van der Waals surface area contributed by atoms with Gasteiger partial charge in [-0.05, 0) is 41.3 Å². The molecular formula is C14H17BrClN3O. The van der Waals surface area contributed by atoms with Gasteiger partial charge in [-0.1, -0.05) is 0 Å². The highest BCUT2D eigenvalue weighted by molar-refractivity contribution is 9.10. The molecule has 1 aliphatic rings. The summed E-state index contributed by atoms with van der Waals surface area (Å²) in [5, 5.41) is 0. The molecule has 0 N–H and O–H groups in total. The second-order valence-corrected chi connectivity index (χ2v) is 6.33. The third-order valence-corrected chi connectivity index (χ3v) is 4.27. The lowest BCUT2D eigenvalue weighted by Crippen LogP contribution is -2.12. The van der Waals surface area contributed by atoms with Crippen LogP contribution in [0.2, 0.25) is 0 Å². The number of aromatic nitrogens is 3. The number of ether oxygens (including phenoxy) is 1. The molecule has 3 rings (SSSR count). The van der Waals surface area contributed by atoms with E-state index in [2.05, 4.69) is 30.5 Å². The number of nitrogens with zero attached hydrogens (tertiary/aromatic N) is 3. The molecule has 0 amide bonds. The van der Waals surface area contributed by atoms with Crippen LogP contribution in [-0.4, -0.2) is 33.1 Å². The number of fused-ring (bicyclic) bond motifs is 1. The zero-order valence-corrected chi connectivity index (χ0v) is 13.5. The van der Waals surface area contributed by atoms with Crippen LogP contribution >= 0.6 is 27.5 Å². The van der Waals surface area contributed by atoms with Gasteiger partial charge in [0.05, 0.1) is 6.10 Å². The number of pyridine rings is 1. The van der Waals surface area contributed by atoms with E-state index in [0.717, 1.165) is 53.9 Å². The first-order valence-corrected chi connectivity index (χ1v) is 8.29. The van der Waals surface area contributed by atoms with Crippen molar-refractivity contribution >= 4 is 38.7 Å². The topological polar surface area (TPSA) is 39.9 Å². The van der Waals surface area contributed by atoms with Gasteiger partial charge < -0.3 is 9.30 Å². The van der Waals surface area contributed by atoms with Crippen LogP contribution in [0.3, 0.4) is 0 Å². The molecule has 0 radical (unpaired) electrons. The van der Waals surface area contributed by atoms with Crippen LogP contribution in [0, 0.1) is 0 Å². The maximum atomic E-state index is 5.89. The van der Waals surface area contributed by atoms with E-state index >= 15 is 0 Å². The fourth-order valence-electron chi connectivity index (χ4n) is 2.69. The Hall–Kier alpha value is -0.650. The van der Waals surface area contributed by atoms with E-state index in [1.807, 2.05) is 12.3 Å². The molecule has 1 unspecified atom stereocenters. The normalized spacial score (nSPS) is 19.0. The van der Waals surface area contributed by atoms with Crippen molar-refractivity contribution < 1.29 is 4.74 Å². The van der Waals surface area contributed by atoms with E-state index in [1.165, 1.54) is 6.42 Å². The van der Waals surface area contributed by atoms with Gasteiger partial charge in [0, 0.05) is 36.1 Å². The lowest BCUT2D eigenvalue weighted by molar-refractivity contribution is 0.100. The van der Waals surface area contributed by atoms with Crippen molar-refractivity contribution in [2.45, 2.75) is 38.3 Å². The molecule has 6 heteroatoms. The number of alkyl halides is 1. The summed E-state index contributed by atoms with van der Waals surface area (Å²) in [6, 6.07) is 2.00. The molecule has 0 aromatic carbocycles. The van der Waals surface area contributed by atoms with Crippen LogP contribution < -0.4 is 0 Å². The summed E-state index contributed by atoms with van der Waals surface area (Å²) < 4.78 is 8.83. The summed E-state index contributed by atoms with van der Waals surface area (Å²) >= 11 is 9.33. The number of hydrogen-bond acceptors (Lipinski definition) is 3. The highest BCUT2D eigenvalue weighted by atomic mass is 79.9. The van der Waals surface area contributed by atoms with Gasteiger partial charge in [0.2, 0.25) is 0 Å². The second kappa shape index (κ2) is 6.41. The van der Waals surface area contributed by atoms with Crippen LogP contribution in [0.15, 0.2) is 16.7 Å². The Morgan fingerprint density at radius 1 is 1.50 bits per heavy atom. The summed E-state index contributed by atoms with van der Waals surface area (Å²) in [7, 11) is 0. The van der Waals surface area contributed by atoms with Gasteiger partial charge in [0.15, 0.2) is 5.65 Å².